The number of rotatable bonds is 6. The Labute approximate surface area is 112 Å². The minimum atomic E-state index is -0.578. The number of benzene rings is 1. The van der Waals surface area contributed by atoms with Crippen LogP contribution >= 0.6 is 0 Å². The number of hydrogen-bond donors (Lipinski definition) is 1. The number of ether oxygens (including phenoxy) is 1. The maximum atomic E-state index is 10.2. The molecule has 1 aromatic heterocycles. The van der Waals surface area contributed by atoms with E-state index in [0.717, 1.165) is 30.1 Å². The first kappa shape index (κ1) is 13.5. The Kier molecular flexibility index (Phi) is 4.52. The highest BCUT2D eigenvalue weighted by Crippen LogP contribution is 2.20. The first-order valence-corrected chi connectivity index (χ1v) is 6.43. The van der Waals surface area contributed by atoms with Crippen LogP contribution in [0.1, 0.15) is 30.8 Å². The van der Waals surface area contributed by atoms with Crippen LogP contribution in [0.15, 0.2) is 30.6 Å². The molecule has 0 bridgehead atoms. The summed E-state index contributed by atoms with van der Waals surface area (Å²) >= 11 is 0. The fraction of sp³-hybridized carbons (Fsp3) is 0.429. The van der Waals surface area contributed by atoms with Gasteiger partial charge < -0.3 is 9.84 Å². The van der Waals surface area contributed by atoms with Gasteiger partial charge >= 0.3 is 0 Å². The predicted molar refractivity (Wildman–Crippen MR) is 72.0 cm³/mol. The van der Waals surface area contributed by atoms with Gasteiger partial charge in [0.15, 0.2) is 0 Å². The minimum absolute atomic E-state index is 0.465. The van der Waals surface area contributed by atoms with Crippen molar-refractivity contribution < 1.29 is 9.84 Å². The molecule has 0 radical (unpaired) electrons. The smallest absolute Gasteiger partial charge is 0.138 e. The van der Waals surface area contributed by atoms with E-state index in [1.807, 2.05) is 28.9 Å². The molecule has 2 rings (SSSR count). The molecular formula is C14H19N3O2. The summed E-state index contributed by atoms with van der Waals surface area (Å²) in [4.78, 5) is 4.20. The molecule has 1 atom stereocenters. The molecule has 0 saturated carbocycles. The molecule has 0 amide bonds. The van der Waals surface area contributed by atoms with E-state index < -0.39 is 6.10 Å². The van der Waals surface area contributed by atoms with E-state index in [4.69, 9.17) is 4.74 Å². The molecule has 0 spiro atoms. The zero-order valence-corrected chi connectivity index (χ0v) is 11.3. The molecule has 0 fully saturated rings. The molecule has 2 aromatic rings. The van der Waals surface area contributed by atoms with E-state index in [1.165, 1.54) is 6.33 Å². The monoisotopic (exact) mass is 261 g/mol. The van der Waals surface area contributed by atoms with Gasteiger partial charge in [-0.15, -0.1) is 0 Å². The molecule has 0 aliphatic heterocycles. The van der Waals surface area contributed by atoms with Crippen molar-refractivity contribution >= 4 is 0 Å². The highest BCUT2D eigenvalue weighted by molar-refractivity contribution is 5.28. The Morgan fingerprint density at radius 1 is 1.32 bits per heavy atom. The van der Waals surface area contributed by atoms with Crippen LogP contribution in [0, 0.1) is 0 Å². The molecule has 1 aromatic carbocycles. The van der Waals surface area contributed by atoms with Gasteiger partial charge in [-0.3, -0.25) is 4.68 Å². The topological polar surface area (TPSA) is 60.2 Å². The van der Waals surface area contributed by atoms with Crippen LogP contribution < -0.4 is 4.74 Å². The van der Waals surface area contributed by atoms with Gasteiger partial charge in [0.2, 0.25) is 0 Å². The summed E-state index contributed by atoms with van der Waals surface area (Å²) in [6.07, 6.45) is 2.42. The summed E-state index contributed by atoms with van der Waals surface area (Å²) in [6.45, 7) is 2.91. The average molecular weight is 261 g/mol. The van der Waals surface area contributed by atoms with E-state index >= 15 is 0 Å². The van der Waals surface area contributed by atoms with Gasteiger partial charge in [0.05, 0.1) is 13.2 Å². The third-order valence-electron chi connectivity index (χ3n) is 3.01. The highest BCUT2D eigenvalue weighted by Gasteiger charge is 2.13. The van der Waals surface area contributed by atoms with Crippen molar-refractivity contribution in [2.24, 2.45) is 0 Å². The Hall–Kier alpha value is -1.88. The third-order valence-corrected chi connectivity index (χ3v) is 3.01. The molecule has 0 aliphatic rings. The predicted octanol–water partition coefficient (Wildman–Crippen LogP) is 1.97. The number of aryl methyl sites for hydroxylation is 1. The number of nitrogens with zero attached hydrogens (tertiary/aromatic N) is 3. The standard InChI is InChI=1S/C14H19N3O2/c1-3-8-17-14(15-10-16-17)9-13(18)11-4-6-12(19-2)7-5-11/h4-7,10,13,18H,3,8-9H2,1-2H3. The number of hydrogen-bond acceptors (Lipinski definition) is 4. The van der Waals surface area contributed by atoms with Crippen LogP contribution in [-0.2, 0) is 13.0 Å². The first-order chi connectivity index (χ1) is 9.24. The van der Waals surface area contributed by atoms with Gasteiger partial charge in [-0.25, -0.2) is 4.98 Å². The SMILES string of the molecule is CCCn1ncnc1CC(O)c1ccc(OC)cc1. The number of aliphatic hydroxyl groups excluding tert-OH is 1. The highest BCUT2D eigenvalue weighted by atomic mass is 16.5. The number of methoxy groups -OCH3 is 1. The minimum Gasteiger partial charge on any atom is -0.497 e. The fourth-order valence-corrected chi connectivity index (χ4v) is 1.96. The van der Waals surface area contributed by atoms with E-state index in [9.17, 15) is 5.11 Å². The zero-order valence-electron chi connectivity index (χ0n) is 11.3. The van der Waals surface area contributed by atoms with Gasteiger partial charge in [0, 0.05) is 13.0 Å². The molecule has 1 heterocycles. The second-order valence-corrected chi connectivity index (χ2v) is 4.39. The molecular weight excluding hydrogens is 242 g/mol. The first-order valence-electron chi connectivity index (χ1n) is 6.43. The van der Waals surface area contributed by atoms with Crippen LogP contribution in [-0.4, -0.2) is 27.0 Å². The summed E-state index contributed by atoms with van der Waals surface area (Å²) < 4.78 is 6.94. The molecule has 0 aliphatic carbocycles. The van der Waals surface area contributed by atoms with Crippen LogP contribution in [0.5, 0.6) is 5.75 Å². The van der Waals surface area contributed by atoms with Crippen LogP contribution in [0.3, 0.4) is 0 Å². The largest absolute Gasteiger partial charge is 0.497 e. The molecule has 19 heavy (non-hydrogen) atoms. The molecule has 1 N–H and O–H groups in total. The van der Waals surface area contributed by atoms with E-state index in [-0.39, 0.29) is 0 Å². The van der Waals surface area contributed by atoms with Crippen LogP contribution in [0.25, 0.3) is 0 Å². The van der Waals surface area contributed by atoms with Gasteiger partial charge in [0.25, 0.3) is 0 Å². The lowest BCUT2D eigenvalue weighted by Crippen LogP contribution is -2.10. The number of aromatic nitrogens is 3. The van der Waals surface area contributed by atoms with E-state index in [2.05, 4.69) is 17.0 Å². The van der Waals surface area contributed by atoms with Gasteiger partial charge in [0.1, 0.15) is 17.9 Å². The normalized spacial score (nSPS) is 12.4. The summed E-state index contributed by atoms with van der Waals surface area (Å²) in [6, 6.07) is 7.42. The van der Waals surface area contributed by atoms with Crippen LogP contribution in [0.4, 0.5) is 0 Å². The van der Waals surface area contributed by atoms with Crippen molar-refractivity contribution in [1.29, 1.82) is 0 Å². The second kappa shape index (κ2) is 6.33. The number of aliphatic hydroxyl groups is 1. The van der Waals surface area contributed by atoms with Gasteiger partial charge in [-0.05, 0) is 24.1 Å². The zero-order chi connectivity index (χ0) is 13.7. The lowest BCUT2D eigenvalue weighted by atomic mass is 10.1. The maximum Gasteiger partial charge on any atom is 0.138 e. The van der Waals surface area contributed by atoms with Crippen molar-refractivity contribution in [3.63, 3.8) is 0 Å². The van der Waals surface area contributed by atoms with E-state index in [0.29, 0.717) is 6.42 Å². The fourth-order valence-electron chi connectivity index (χ4n) is 1.96. The third kappa shape index (κ3) is 3.32. The Bertz CT molecular complexity index is 508. The molecule has 0 saturated heterocycles. The van der Waals surface area contributed by atoms with Crippen molar-refractivity contribution in [2.45, 2.75) is 32.4 Å². The Morgan fingerprint density at radius 2 is 2.05 bits per heavy atom. The van der Waals surface area contributed by atoms with Gasteiger partial charge in [-0.1, -0.05) is 19.1 Å². The molecule has 102 valence electrons. The lowest BCUT2D eigenvalue weighted by molar-refractivity contribution is 0.174. The second-order valence-electron chi connectivity index (χ2n) is 4.39. The quantitative estimate of drug-likeness (QED) is 0.863. The molecule has 5 nitrogen and oxygen atoms in total. The average Bonchev–Trinajstić information content (AvgIpc) is 2.86. The van der Waals surface area contributed by atoms with Crippen LogP contribution in [0.2, 0.25) is 0 Å². The Morgan fingerprint density at radius 3 is 2.68 bits per heavy atom. The molecule has 1 unspecified atom stereocenters. The van der Waals surface area contributed by atoms with Crippen molar-refractivity contribution in [1.82, 2.24) is 14.8 Å². The van der Waals surface area contributed by atoms with Crippen molar-refractivity contribution in [3.8, 4) is 5.75 Å². The maximum absolute atomic E-state index is 10.2. The summed E-state index contributed by atoms with van der Waals surface area (Å²) in [5, 5.41) is 14.4. The van der Waals surface area contributed by atoms with E-state index in [1.54, 1.807) is 7.11 Å². The van der Waals surface area contributed by atoms with Gasteiger partial charge in [-0.2, -0.15) is 5.10 Å². The summed E-state index contributed by atoms with van der Waals surface area (Å²) in [5.41, 5.74) is 0.854. The van der Waals surface area contributed by atoms with Crippen molar-refractivity contribution in [2.75, 3.05) is 7.11 Å². The van der Waals surface area contributed by atoms with Crippen molar-refractivity contribution in [3.05, 3.63) is 42.0 Å². The Balaban J connectivity index is 2.06. The lowest BCUT2D eigenvalue weighted by Gasteiger charge is -2.12. The summed E-state index contributed by atoms with van der Waals surface area (Å²) in [5.74, 6) is 1.59. The summed E-state index contributed by atoms with van der Waals surface area (Å²) in [7, 11) is 1.62. The molecule has 5 heteroatoms.